The molecule has 1 rings (SSSR count). The highest BCUT2D eigenvalue weighted by Crippen LogP contribution is 2.18. The molecule has 4 heteroatoms. The van der Waals surface area contributed by atoms with Crippen molar-refractivity contribution in [2.75, 3.05) is 13.7 Å². The second-order valence-electron chi connectivity index (χ2n) is 4.73. The van der Waals surface area contributed by atoms with Crippen LogP contribution < -0.4 is 5.32 Å². The summed E-state index contributed by atoms with van der Waals surface area (Å²) in [5.41, 5.74) is 1.07. The van der Waals surface area contributed by atoms with Crippen LogP contribution in [0.4, 0.5) is 8.78 Å². The van der Waals surface area contributed by atoms with Crippen molar-refractivity contribution in [3.63, 3.8) is 0 Å². The highest BCUT2D eigenvalue weighted by molar-refractivity contribution is 5.23. The fourth-order valence-corrected chi connectivity index (χ4v) is 1.70. The summed E-state index contributed by atoms with van der Waals surface area (Å²) in [5, 5.41) is 3.37. The Bertz CT molecular complexity index is 338. The van der Waals surface area contributed by atoms with Crippen LogP contribution in [0.15, 0.2) is 24.3 Å². The smallest absolute Gasteiger partial charge is 0.263 e. The maximum Gasteiger partial charge on any atom is 0.263 e. The van der Waals surface area contributed by atoms with Crippen LogP contribution >= 0.6 is 0 Å². The number of halogens is 2. The van der Waals surface area contributed by atoms with Gasteiger partial charge in [0.25, 0.3) is 6.43 Å². The van der Waals surface area contributed by atoms with Gasteiger partial charge in [0.05, 0.1) is 6.61 Å². The van der Waals surface area contributed by atoms with E-state index in [-0.39, 0.29) is 11.6 Å². The second-order valence-corrected chi connectivity index (χ2v) is 4.73. The summed E-state index contributed by atoms with van der Waals surface area (Å²) in [6.45, 7) is 5.55. The fraction of sp³-hybridized carbons (Fsp3) is 0.571. The van der Waals surface area contributed by atoms with Gasteiger partial charge in [0.1, 0.15) is 0 Å². The molecule has 0 aromatic heterocycles. The van der Waals surface area contributed by atoms with E-state index < -0.39 is 6.43 Å². The maximum atomic E-state index is 12.4. The van der Waals surface area contributed by atoms with E-state index in [4.69, 9.17) is 4.74 Å². The van der Waals surface area contributed by atoms with Gasteiger partial charge in [-0.05, 0) is 11.5 Å². The Morgan fingerprint density at radius 3 is 2.22 bits per heavy atom. The summed E-state index contributed by atoms with van der Waals surface area (Å²) in [4.78, 5) is 0. The van der Waals surface area contributed by atoms with Gasteiger partial charge in [-0.1, -0.05) is 38.1 Å². The van der Waals surface area contributed by atoms with Crippen molar-refractivity contribution in [2.45, 2.75) is 32.9 Å². The minimum atomic E-state index is -2.40. The maximum absolute atomic E-state index is 12.4. The quantitative estimate of drug-likeness (QED) is 0.808. The number of hydrogen-bond donors (Lipinski definition) is 1. The van der Waals surface area contributed by atoms with Gasteiger partial charge in [-0.25, -0.2) is 8.78 Å². The third-order valence-electron chi connectivity index (χ3n) is 2.95. The molecule has 1 unspecified atom stereocenters. The number of alkyl halides is 2. The van der Waals surface area contributed by atoms with E-state index in [1.165, 1.54) is 12.1 Å². The Morgan fingerprint density at radius 2 is 1.78 bits per heavy atom. The number of rotatable bonds is 7. The molecule has 0 aliphatic heterocycles. The molecule has 1 aromatic carbocycles. The predicted molar refractivity (Wildman–Crippen MR) is 68.7 cm³/mol. The first-order valence-electron chi connectivity index (χ1n) is 6.14. The standard InChI is InChI=1S/C14H21F2NO/c1-10(2)13(9-18-3)17-8-11-4-6-12(7-5-11)14(15)16/h4-7,10,13-14,17H,8-9H2,1-3H3. The summed E-state index contributed by atoms with van der Waals surface area (Å²) in [7, 11) is 1.68. The van der Waals surface area contributed by atoms with Crippen LogP contribution in [0.25, 0.3) is 0 Å². The molecule has 0 spiro atoms. The molecule has 1 N–H and O–H groups in total. The number of ether oxygens (including phenoxy) is 1. The second kappa shape index (κ2) is 7.44. The minimum absolute atomic E-state index is 0.0658. The van der Waals surface area contributed by atoms with Gasteiger partial charge in [0.15, 0.2) is 0 Å². The van der Waals surface area contributed by atoms with Gasteiger partial charge in [0, 0.05) is 25.3 Å². The van der Waals surface area contributed by atoms with Gasteiger partial charge in [-0.2, -0.15) is 0 Å². The first-order valence-corrected chi connectivity index (χ1v) is 6.14. The number of hydrogen-bond acceptors (Lipinski definition) is 2. The molecular formula is C14H21F2NO. The van der Waals surface area contributed by atoms with Crippen LogP contribution in [0.5, 0.6) is 0 Å². The lowest BCUT2D eigenvalue weighted by molar-refractivity contribution is 0.146. The van der Waals surface area contributed by atoms with Crippen molar-refractivity contribution in [1.29, 1.82) is 0 Å². The monoisotopic (exact) mass is 257 g/mol. The van der Waals surface area contributed by atoms with Crippen LogP contribution in [-0.2, 0) is 11.3 Å². The molecule has 0 aliphatic carbocycles. The average molecular weight is 257 g/mol. The fourth-order valence-electron chi connectivity index (χ4n) is 1.70. The molecule has 0 saturated carbocycles. The molecule has 102 valence electrons. The van der Waals surface area contributed by atoms with Crippen LogP contribution in [-0.4, -0.2) is 19.8 Å². The van der Waals surface area contributed by atoms with Gasteiger partial charge in [-0.3, -0.25) is 0 Å². The van der Waals surface area contributed by atoms with Crippen molar-refractivity contribution in [2.24, 2.45) is 5.92 Å². The lowest BCUT2D eigenvalue weighted by Gasteiger charge is -2.21. The zero-order valence-electron chi connectivity index (χ0n) is 11.1. The van der Waals surface area contributed by atoms with E-state index >= 15 is 0 Å². The summed E-state index contributed by atoms with van der Waals surface area (Å²) in [5.74, 6) is 0.463. The average Bonchev–Trinajstić information content (AvgIpc) is 2.34. The summed E-state index contributed by atoms with van der Waals surface area (Å²) >= 11 is 0. The Morgan fingerprint density at radius 1 is 1.17 bits per heavy atom. The molecule has 0 heterocycles. The van der Waals surface area contributed by atoms with Crippen molar-refractivity contribution < 1.29 is 13.5 Å². The van der Waals surface area contributed by atoms with Gasteiger partial charge in [0.2, 0.25) is 0 Å². The highest BCUT2D eigenvalue weighted by Gasteiger charge is 2.12. The van der Waals surface area contributed by atoms with E-state index in [1.54, 1.807) is 19.2 Å². The van der Waals surface area contributed by atoms with Crippen LogP contribution in [0.3, 0.4) is 0 Å². The summed E-state index contributed by atoms with van der Waals surface area (Å²) < 4.78 is 29.9. The SMILES string of the molecule is COCC(NCc1ccc(C(F)F)cc1)C(C)C. The first-order chi connectivity index (χ1) is 8.54. The van der Waals surface area contributed by atoms with Crippen molar-refractivity contribution in [1.82, 2.24) is 5.32 Å². The van der Waals surface area contributed by atoms with Crippen molar-refractivity contribution in [3.8, 4) is 0 Å². The highest BCUT2D eigenvalue weighted by atomic mass is 19.3. The topological polar surface area (TPSA) is 21.3 Å². The Hall–Kier alpha value is -1.00. The third kappa shape index (κ3) is 4.70. The van der Waals surface area contributed by atoms with Gasteiger partial charge in [-0.15, -0.1) is 0 Å². The summed E-state index contributed by atoms with van der Waals surface area (Å²) in [6, 6.07) is 6.69. The Kier molecular flexibility index (Phi) is 6.22. The molecule has 18 heavy (non-hydrogen) atoms. The largest absolute Gasteiger partial charge is 0.383 e. The number of methoxy groups -OCH3 is 1. The van der Waals surface area contributed by atoms with Crippen LogP contribution in [0, 0.1) is 5.92 Å². The lowest BCUT2D eigenvalue weighted by atomic mass is 10.0. The molecule has 0 amide bonds. The lowest BCUT2D eigenvalue weighted by Crippen LogP contribution is -2.37. The first kappa shape index (κ1) is 15.1. The molecule has 0 fully saturated rings. The molecule has 1 aromatic rings. The zero-order chi connectivity index (χ0) is 13.5. The number of benzene rings is 1. The zero-order valence-corrected chi connectivity index (χ0v) is 11.1. The van der Waals surface area contributed by atoms with E-state index in [1.807, 2.05) is 0 Å². The van der Waals surface area contributed by atoms with Gasteiger partial charge < -0.3 is 10.1 Å². The molecule has 2 nitrogen and oxygen atoms in total. The molecule has 0 aliphatic rings. The molecular weight excluding hydrogens is 236 g/mol. The normalized spacial score (nSPS) is 13.3. The van der Waals surface area contributed by atoms with E-state index in [0.717, 1.165) is 5.56 Å². The molecule has 1 atom stereocenters. The van der Waals surface area contributed by atoms with E-state index in [2.05, 4.69) is 19.2 Å². The van der Waals surface area contributed by atoms with Crippen molar-refractivity contribution in [3.05, 3.63) is 35.4 Å². The molecule has 0 bridgehead atoms. The van der Waals surface area contributed by atoms with Crippen molar-refractivity contribution >= 4 is 0 Å². The Labute approximate surface area is 107 Å². The van der Waals surface area contributed by atoms with Gasteiger partial charge >= 0.3 is 0 Å². The minimum Gasteiger partial charge on any atom is -0.383 e. The Balaban J connectivity index is 2.51. The summed E-state index contributed by atoms with van der Waals surface area (Å²) in [6.07, 6.45) is -2.40. The van der Waals surface area contributed by atoms with Crippen LogP contribution in [0.1, 0.15) is 31.4 Å². The number of nitrogens with one attached hydrogen (secondary N) is 1. The van der Waals surface area contributed by atoms with Crippen LogP contribution in [0.2, 0.25) is 0 Å². The molecule has 0 radical (unpaired) electrons. The van der Waals surface area contributed by atoms with E-state index in [9.17, 15) is 8.78 Å². The third-order valence-corrected chi connectivity index (χ3v) is 2.95. The van der Waals surface area contributed by atoms with E-state index in [0.29, 0.717) is 19.1 Å². The molecule has 0 saturated heterocycles. The predicted octanol–water partition coefficient (Wildman–Crippen LogP) is 3.38.